The Balaban J connectivity index is 3.67. The van der Waals surface area contributed by atoms with Crippen LogP contribution < -0.4 is 0 Å². The molecule has 0 fully saturated rings. The van der Waals surface area contributed by atoms with Gasteiger partial charge in [0, 0.05) is 19.5 Å². The van der Waals surface area contributed by atoms with Crippen molar-refractivity contribution in [2.24, 2.45) is 0 Å². The van der Waals surface area contributed by atoms with Crippen LogP contribution in [0.1, 0.15) is 33.1 Å². The van der Waals surface area contributed by atoms with Gasteiger partial charge in [-0.15, -0.1) is 0 Å². The summed E-state index contributed by atoms with van der Waals surface area (Å²) < 4.78 is 0. The largest absolute Gasteiger partial charge is 0.308 e. The van der Waals surface area contributed by atoms with E-state index in [9.17, 15) is 4.79 Å². The van der Waals surface area contributed by atoms with Gasteiger partial charge in [-0.05, 0) is 47.0 Å². The first kappa shape index (κ1) is 14.6. The first-order valence-corrected chi connectivity index (χ1v) is 5.92. The molecule has 3 nitrogen and oxygen atoms in total. The molecule has 0 aliphatic carbocycles. The van der Waals surface area contributed by atoms with E-state index in [2.05, 4.69) is 30.8 Å². The van der Waals surface area contributed by atoms with E-state index in [1.807, 2.05) is 0 Å². The highest BCUT2D eigenvalue weighted by atomic mass is 16.1. The van der Waals surface area contributed by atoms with Gasteiger partial charge in [-0.3, -0.25) is 0 Å². The van der Waals surface area contributed by atoms with Crippen molar-refractivity contribution < 1.29 is 4.79 Å². The van der Waals surface area contributed by atoms with Crippen LogP contribution in [0.25, 0.3) is 0 Å². The summed E-state index contributed by atoms with van der Waals surface area (Å²) in [6.45, 7) is 8.28. The molecule has 0 N–H and O–H groups in total. The van der Waals surface area contributed by atoms with Gasteiger partial charge in [-0.25, -0.2) is 0 Å². The maximum absolute atomic E-state index is 10.8. The van der Waals surface area contributed by atoms with Crippen LogP contribution in [-0.2, 0) is 4.79 Å². The third-order valence-electron chi connectivity index (χ3n) is 2.41. The molecule has 0 aromatic rings. The number of likely N-dealkylation sites (N-methyl/N-ethyl adjacent to an activating group) is 1. The molecule has 0 aromatic carbocycles. The molecule has 3 heteroatoms. The Hall–Kier alpha value is -0.410. The van der Waals surface area contributed by atoms with Gasteiger partial charge in [0.2, 0.25) is 0 Å². The molecule has 0 aliphatic heterocycles. The molecule has 90 valence electrons. The van der Waals surface area contributed by atoms with Crippen molar-refractivity contribution in [2.45, 2.75) is 33.1 Å². The van der Waals surface area contributed by atoms with Gasteiger partial charge in [0.25, 0.3) is 0 Å². The van der Waals surface area contributed by atoms with Gasteiger partial charge >= 0.3 is 0 Å². The molecule has 0 aromatic heterocycles. The summed E-state index contributed by atoms with van der Waals surface area (Å²) in [5.74, 6) is 0.305. The van der Waals surface area contributed by atoms with Crippen molar-refractivity contribution in [3.63, 3.8) is 0 Å². The first-order chi connectivity index (χ1) is 7.06. The average molecular weight is 214 g/mol. The molecule has 0 radical (unpaired) electrons. The number of nitrogens with zero attached hydrogens (tertiary/aromatic N) is 2. The topological polar surface area (TPSA) is 23.6 Å². The standard InChI is InChI=1S/C12H26N2O/c1-5-8-14(11-10-13(3)4)9-6-7-12(2)15/h5-11H2,1-4H3. The summed E-state index contributed by atoms with van der Waals surface area (Å²) in [5, 5.41) is 0. The number of rotatable bonds is 9. The Bertz CT molecular complexity index is 169. The van der Waals surface area contributed by atoms with Gasteiger partial charge < -0.3 is 14.6 Å². The Morgan fingerprint density at radius 2 is 1.73 bits per heavy atom. The van der Waals surface area contributed by atoms with Gasteiger partial charge in [-0.1, -0.05) is 6.92 Å². The van der Waals surface area contributed by atoms with Crippen LogP contribution in [0.2, 0.25) is 0 Å². The van der Waals surface area contributed by atoms with Crippen molar-refractivity contribution in [1.29, 1.82) is 0 Å². The summed E-state index contributed by atoms with van der Waals surface area (Å²) in [6, 6.07) is 0. The predicted molar refractivity (Wildman–Crippen MR) is 65.2 cm³/mol. The highest BCUT2D eigenvalue weighted by molar-refractivity contribution is 5.75. The zero-order valence-electron chi connectivity index (χ0n) is 10.8. The lowest BCUT2D eigenvalue weighted by atomic mass is 10.2. The Labute approximate surface area is 94.4 Å². The van der Waals surface area contributed by atoms with E-state index in [1.54, 1.807) is 6.92 Å². The van der Waals surface area contributed by atoms with E-state index < -0.39 is 0 Å². The number of Topliss-reactive ketones (excluding diaryl/α,β-unsaturated/α-hetero) is 1. The number of ketones is 1. The van der Waals surface area contributed by atoms with Gasteiger partial charge in [-0.2, -0.15) is 0 Å². The maximum atomic E-state index is 10.8. The Morgan fingerprint density at radius 3 is 2.20 bits per heavy atom. The van der Waals surface area contributed by atoms with Crippen molar-refractivity contribution in [1.82, 2.24) is 9.80 Å². The highest BCUT2D eigenvalue weighted by Crippen LogP contribution is 1.98. The fourth-order valence-electron chi connectivity index (χ4n) is 1.54. The van der Waals surface area contributed by atoms with Crippen LogP contribution in [0.4, 0.5) is 0 Å². The van der Waals surface area contributed by atoms with Crippen LogP contribution in [-0.4, -0.2) is 55.9 Å². The van der Waals surface area contributed by atoms with Crippen LogP contribution in [0, 0.1) is 0 Å². The van der Waals surface area contributed by atoms with E-state index in [-0.39, 0.29) is 0 Å². The van der Waals surface area contributed by atoms with Crippen molar-refractivity contribution in [3.05, 3.63) is 0 Å². The Morgan fingerprint density at radius 1 is 1.07 bits per heavy atom. The minimum atomic E-state index is 0.305. The maximum Gasteiger partial charge on any atom is 0.129 e. The van der Waals surface area contributed by atoms with E-state index in [0.29, 0.717) is 5.78 Å². The second kappa shape index (κ2) is 8.86. The SMILES string of the molecule is CCCN(CCCC(C)=O)CCN(C)C. The highest BCUT2D eigenvalue weighted by Gasteiger charge is 2.04. The van der Waals surface area contributed by atoms with Crippen molar-refractivity contribution in [2.75, 3.05) is 40.3 Å². The molecular weight excluding hydrogens is 188 g/mol. The van der Waals surface area contributed by atoms with E-state index in [1.165, 1.54) is 6.42 Å². The lowest BCUT2D eigenvalue weighted by Gasteiger charge is -2.23. The van der Waals surface area contributed by atoms with Crippen LogP contribution in [0.5, 0.6) is 0 Å². The normalized spacial score (nSPS) is 11.3. The number of carbonyl (C=O) groups is 1. The van der Waals surface area contributed by atoms with Gasteiger partial charge in [0.15, 0.2) is 0 Å². The number of hydrogen-bond acceptors (Lipinski definition) is 3. The third-order valence-corrected chi connectivity index (χ3v) is 2.41. The molecule has 0 bridgehead atoms. The summed E-state index contributed by atoms with van der Waals surface area (Å²) >= 11 is 0. The molecule has 0 amide bonds. The zero-order valence-corrected chi connectivity index (χ0v) is 10.8. The molecule has 0 unspecified atom stereocenters. The smallest absolute Gasteiger partial charge is 0.129 e. The fraction of sp³-hybridized carbons (Fsp3) is 0.917. The molecule has 0 saturated carbocycles. The molecule has 15 heavy (non-hydrogen) atoms. The third kappa shape index (κ3) is 9.88. The summed E-state index contributed by atoms with van der Waals surface area (Å²) in [5.41, 5.74) is 0. The van der Waals surface area contributed by atoms with E-state index in [0.717, 1.165) is 39.0 Å². The summed E-state index contributed by atoms with van der Waals surface area (Å²) in [7, 11) is 4.19. The molecule has 0 saturated heterocycles. The summed E-state index contributed by atoms with van der Waals surface area (Å²) in [4.78, 5) is 15.5. The minimum Gasteiger partial charge on any atom is -0.308 e. The molecule has 0 heterocycles. The molecule has 0 aliphatic rings. The molecule has 0 spiro atoms. The van der Waals surface area contributed by atoms with Crippen LogP contribution >= 0.6 is 0 Å². The average Bonchev–Trinajstić information content (AvgIpc) is 2.13. The fourth-order valence-corrected chi connectivity index (χ4v) is 1.54. The monoisotopic (exact) mass is 214 g/mol. The minimum absolute atomic E-state index is 0.305. The molecular formula is C12H26N2O. The number of hydrogen-bond donors (Lipinski definition) is 0. The predicted octanol–water partition coefficient (Wildman–Crippen LogP) is 1.63. The first-order valence-electron chi connectivity index (χ1n) is 5.92. The summed E-state index contributed by atoms with van der Waals surface area (Å²) in [6.07, 6.45) is 2.92. The van der Waals surface area contributed by atoms with Crippen LogP contribution in [0.15, 0.2) is 0 Å². The molecule has 0 atom stereocenters. The van der Waals surface area contributed by atoms with E-state index in [4.69, 9.17) is 0 Å². The Kier molecular flexibility index (Phi) is 8.62. The molecule has 0 rings (SSSR count). The lowest BCUT2D eigenvalue weighted by molar-refractivity contribution is -0.117. The lowest BCUT2D eigenvalue weighted by Crippen LogP contribution is -2.33. The van der Waals surface area contributed by atoms with Gasteiger partial charge in [0.1, 0.15) is 5.78 Å². The quantitative estimate of drug-likeness (QED) is 0.583. The van der Waals surface area contributed by atoms with Gasteiger partial charge in [0.05, 0.1) is 0 Å². The van der Waals surface area contributed by atoms with Crippen LogP contribution in [0.3, 0.4) is 0 Å². The second-order valence-corrected chi connectivity index (χ2v) is 4.45. The van der Waals surface area contributed by atoms with E-state index >= 15 is 0 Å². The second-order valence-electron chi connectivity index (χ2n) is 4.45. The zero-order chi connectivity index (χ0) is 11.7. The number of carbonyl (C=O) groups excluding carboxylic acids is 1. The van der Waals surface area contributed by atoms with Crippen molar-refractivity contribution in [3.8, 4) is 0 Å². The van der Waals surface area contributed by atoms with Crippen molar-refractivity contribution >= 4 is 5.78 Å².